The van der Waals surface area contributed by atoms with E-state index in [1.165, 1.54) is 12.1 Å². The maximum atomic E-state index is 13.7. The molecule has 2 aromatic rings. The molecule has 4 rings (SSSR count). The smallest absolute Gasteiger partial charge is 0.254 e. The summed E-state index contributed by atoms with van der Waals surface area (Å²) in [4.78, 5) is 27.3. The van der Waals surface area contributed by atoms with Gasteiger partial charge in [0.05, 0.1) is 6.04 Å². The summed E-state index contributed by atoms with van der Waals surface area (Å²) in [5.41, 5.74) is 1.81. The van der Waals surface area contributed by atoms with E-state index in [1.54, 1.807) is 35.2 Å². The van der Waals surface area contributed by atoms with E-state index in [1.807, 2.05) is 6.07 Å². The van der Waals surface area contributed by atoms with Gasteiger partial charge >= 0.3 is 0 Å². The van der Waals surface area contributed by atoms with Crippen LogP contribution in [0.1, 0.15) is 34.8 Å². The normalized spacial score (nSPS) is 21.0. The van der Waals surface area contributed by atoms with Crippen molar-refractivity contribution in [2.75, 3.05) is 31.6 Å². The highest BCUT2D eigenvalue weighted by molar-refractivity contribution is 5.98. The zero-order chi connectivity index (χ0) is 20.2. The number of rotatable bonds is 4. The Balaban J connectivity index is 0.00000256. The van der Waals surface area contributed by atoms with Gasteiger partial charge in [0, 0.05) is 37.5 Å². The largest absolute Gasteiger partial charge is 0.368 e. The van der Waals surface area contributed by atoms with E-state index >= 15 is 0 Å². The second-order valence-corrected chi connectivity index (χ2v) is 7.35. The number of amides is 2. The number of hydrogen-bond acceptors (Lipinski definition) is 4. The Morgan fingerprint density at radius 3 is 2.77 bits per heavy atom. The molecule has 2 amide bonds. The van der Waals surface area contributed by atoms with Crippen molar-refractivity contribution in [1.29, 1.82) is 0 Å². The molecule has 2 atom stereocenters. The van der Waals surface area contributed by atoms with Gasteiger partial charge in [-0.15, -0.1) is 12.4 Å². The van der Waals surface area contributed by atoms with Gasteiger partial charge < -0.3 is 20.3 Å². The first-order chi connectivity index (χ1) is 14.1. The minimum Gasteiger partial charge on any atom is -0.368 e. The van der Waals surface area contributed by atoms with E-state index in [9.17, 15) is 14.0 Å². The summed E-state index contributed by atoms with van der Waals surface area (Å²) >= 11 is 0. The SMILES string of the molecule is Cl.O=C(Nc1cccc(C(=O)N2CCNCC2c2cccc(F)c2)c1)C1CCCO1. The van der Waals surface area contributed by atoms with Crippen molar-refractivity contribution < 1.29 is 18.7 Å². The van der Waals surface area contributed by atoms with Crippen molar-refractivity contribution in [1.82, 2.24) is 10.2 Å². The number of nitrogens with one attached hydrogen (secondary N) is 2. The zero-order valence-electron chi connectivity index (χ0n) is 16.5. The lowest BCUT2D eigenvalue weighted by Gasteiger charge is -2.36. The lowest BCUT2D eigenvalue weighted by molar-refractivity contribution is -0.124. The summed E-state index contributed by atoms with van der Waals surface area (Å²) in [6.07, 6.45) is 1.15. The fourth-order valence-corrected chi connectivity index (χ4v) is 3.86. The molecule has 30 heavy (non-hydrogen) atoms. The molecule has 2 heterocycles. The summed E-state index contributed by atoms with van der Waals surface area (Å²) in [6.45, 7) is 2.35. The molecule has 2 saturated heterocycles. The van der Waals surface area contributed by atoms with Gasteiger partial charge in [-0.2, -0.15) is 0 Å². The fourth-order valence-electron chi connectivity index (χ4n) is 3.86. The average molecular weight is 434 g/mol. The Bertz CT molecular complexity index is 905. The number of piperazine rings is 1. The second-order valence-electron chi connectivity index (χ2n) is 7.35. The Morgan fingerprint density at radius 1 is 1.17 bits per heavy atom. The number of anilines is 1. The van der Waals surface area contributed by atoms with Crippen molar-refractivity contribution in [3.63, 3.8) is 0 Å². The molecular weight excluding hydrogens is 409 g/mol. The molecule has 2 aliphatic heterocycles. The predicted molar refractivity (Wildman–Crippen MR) is 114 cm³/mol. The number of carbonyl (C=O) groups excluding carboxylic acids is 2. The number of hydrogen-bond donors (Lipinski definition) is 2. The molecule has 2 N–H and O–H groups in total. The van der Waals surface area contributed by atoms with Gasteiger partial charge in [0.1, 0.15) is 11.9 Å². The van der Waals surface area contributed by atoms with Crippen molar-refractivity contribution in [2.24, 2.45) is 0 Å². The van der Waals surface area contributed by atoms with E-state index in [-0.39, 0.29) is 36.1 Å². The van der Waals surface area contributed by atoms with Crippen LogP contribution in [0.4, 0.5) is 10.1 Å². The second kappa shape index (κ2) is 10.0. The molecule has 2 fully saturated rings. The van der Waals surface area contributed by atoms with Crippen LogP contribution in [0.5, 0.6) is 0 Å². The minimum atomic E-state index is -0.431. The molecule has 8 heteroatoms. The summed E-state index contributed by atoms with van der Waals surface area (Å²) in [5.74, 6) is -0.653. The Hall–Kier alpha value is -2.48. The Kier molecular flexibility index (Phi) is 7.42. The van der Waals surface area contributed by atoms with Crippen LogP contribution < -0.4 is 10.6 Å². The van der Waals surface area contributed by atoms with Crippen LogP contribution in [0.2, 0.25) is 0 Å². The van der Waals surface area contributed by atoms with E-state index in [4.69, 9.17) is 4.74 Å². The van der Waals surface area contributed by atoms with Crippen LogP contribution in [-0.4, -0.2) is 49.1 Å². The van der Waals surface area contributed by atoms with Crippen molar-refractivity contribution in [3.05, 3.63) is 65.5 Å². The number of ether oxygens (including phenoxy) is 1. The van der Waals surface area contributed by atoms with Gasteiger partial charge in [-0.3, -0.25) is 9.59 Å². The summed E-state index contributed by atoms with van der Waals surface area (Å²) in [7, 11) is 0. The van der Waals surface area contributed by atoms with Crippen LogP contribution in [0.3, 0.4) is 0 Å². The van der Waals surface area contributed by atoms with Crippen LogP contribution in [-0.2, 0) is 9.53 Å². The first-order valence-electron chi connectivity index (χ1n) is 9.91. The van der Waals surface area contributed by atoms with E-state index in [2.05, 4.69) is 10.6 Å². The van der Waals surface area contributed by atoms with Crippen molar-refractivity contribution in [3.8, 4) is 0 Å². The molecule has 0 radical (unpaired) electrons. The topological polar surface area (TPSA) is 70.7 Å². The molecule has 0 aliphatic carbocycles. The number of halogens is 2. The molecule has 0 bridgehead atoms. The quantitative estimate of drug-likeness (QED) is 0.777. The maximum absolute atomic E-state index is 13.7. The van der Waals surface area contributed by atoms with Crippen molar-refractivity contribution >= 4 is 29.9 Å². The molecule has 6 nitrogen and oxygen atoms in total. The van der Waals surface area contributed by atoms with E-state index in [0.29, 0.717) is 43.9 Å². The third-order valence-corrected chi connectivity index (χ3v) is 5.34. The van der Waals surface area contributed by atoms with Crippen LogP contribution >= 0.6 is 12.4 Å². The fraction of sp³-hybridized carbons (Fsp3) is 0.364. The highest BCUT2D eigenvalue weighted by atomic mass is 35.5. The summed E-state index contributed by atoms with van der Waals surface area (Å²) in [6, 6.07) is 13.0. The van der Waals surface area contributed by atoms with E-state index in [0.717, 1.165) is 12.0 Å². The Morgan fingerprint density at radius 2 is 2.00 bits per heavy atom. The van der Waals surface area contributed by atoms with Crippen molar-refractivity contribution in [2.45, 2.75) is 25.0 Å². The van der Waals surface area contributed by atoms with Crippen LogP contribution in [0, 0.1) is 5.82 Å². The third kappa shape index (κ3) is 4.98. The zero-order valence-corrected chi connectivity index (χ0v) is 17.3. The van der Waals surface area contributed by atoms with Gasteiger partial charge in [0.2, 0.25) is 0 Å². The third-order valence-electron chi connectivity index (χ3n) is 5.34. The van der Waals surface area contributed by atoms with Gasteiger partial charge in [-0.05, 0) is 48.7 Å². The molecule has 160 valence electrons. The molecule has 0 spiro atoms. The maximum Gasteiger partial charge on any atom is 0.254 e. The molecule has 0 saturated carbocycles. The highest BCUT2D eigenvalue weighted by Gasteiger charge is 2.29. The lowest BCUT2D eigenvalue weighted by atomic mass is 10.0. The number of nitrogens with zero attached hydrogens (tertiary/aromatic N) is 1. The molecule has 2 aromatic carbocycles. The Labute approximate surface area is 181 Å². The highest BCUT2D eigenvalue weighted by Crippen LogP contribution is 2.26. The average Bonchev–Trinajstić information content (AvgIpc) is 3.29. The number of carbonyl (C=O) groups is 2. The molecule has 0 aromatic heterocycles. The van der Waals surface area contributed by atoms with Crippen LogP contribution in [0.15, 0.2) is 48.5 Å². The van der Waals surface area contributed by atoms with Gasteiger partial charge in [-0.25, -0.2) is 4.39 Å². The van der Waals surface area contributed by atoms with Gasteiger partial charge in [-0.1, -0.05) is 18.2 Å². The van der Waals surface area contributed by atoms with E-state index < -0.39 is 6.10 Å². The molecular formula is C22H25ClFN3O3. The van der Waals surface area contributed by atoms with Gasteiger partial charge in [0.25, 0.3) is 11.8 Å². The molecule has 2 unspecified atom stereocenters. The van der Waals surface area contributed by atoms with Gasteiger partial charge in [0.15, 0.2) is 0 Å². The predicted octanol–water partition coefficient (Wildman–Crippen LogP) is 3.15. The molecule has 2 aliphatic rings. The van der Waals surface area contributed by atoms with Crippen LogP contribution in [0.25, 0.3) is 0 Å². The standard InChI is InChI=1S/C22H24FN3O3.ClH/c23-17-6-1-4-15(12-17)19-14-24-9-10-26(19)22(28)16-5-2-7-18(13-16)25-21(27)20-8-3-11-29-20;/h1-2,4-7,12-13,19-20,24H,3,8-11,14H2,(H,25,27);1H. The minimum absolute atomic E-state index is 0. The summed E-state index contributed by atoms with van der Waals surface area (Å²) in [5, 5.41) is 6.11. The summed E-state index contributed by atoms with van der Waals surface area (Å²) < 4.78 is 19.1. The first kappa shape index (κ1) is 22.2. The lowest BCUT2D eigenvalue weighted by Crippen LogP contribution is -2.48. The monoisotopic (exact) mass is 433 g/mol. The first-order valence-corrected chi connectivity index (χ1v) is 9.91. The number of benzene rings is 2.